The number of ether oxygens (including phenoxy) is 1. The highest BCUT2D eigenvalue weighted by atomic mass is 16.5. The van der Waals surface area contributed by atoms with E-state index in [-0.39, 0.29) is 30.2 Å². The van der Waals surface area contributed by atoms with Crippen molar-refractivity contribution in [2.45, 2.75) is 71.1 Å². The van der Waals surface area contributed by atoms with Crippen molar-refractivity contribution in [3.63, 3.8) is 0 Å². The fourth-order valence-electron chi connectivity index (χ4n) is 3.98. The molecule has 1 aliphatic rings. The summed E-state index contributed by atoms with van der Waals surface area (Å²) in [6.45, 7) is 11.7. The molecule has 0 saturated carbocycles. The van der Waals surface area contributed by atoms with Crippen molar-refractivity contribution in [1.82, 2.24) is 19.9 Å². The number of fused-ring (bicyclic) bond motifs is 1. The highest BCUT2D eigenvalue weighted by Crippen LogP contribution is 2.29. The van der Waals surface area contributed by atoms with E-state index in [1.165, 1.54) is 5.69 Å². The van der Waals surface area contributed by atoms with Gasteiger partial charge in [0.15, 0.2) is 5.65 Å². The van der Waals surface area contributed by atoms with Crippen molar-refractivity contribution in [3.05, 3.63) is 23.7 Å². The molecule has 3 atom stereocenters. The van der Waals surface area contributed by atoms with Crippen LogP contribution in [0.15, 0.2) is 12.3 Å². The van der Waals surface area contributed by atoms with Gasteiger partial charge in [-0.25, -0.2) is 4.98 Å². The standard InChI is InChI=1S/C21H34N4O2/c1-13(2)9-18-17(12-26)23-14(7-8-27-18)16-11-22-15-10-19(21(3,4)5)25(6)20(15)24-16/h10-11,13-14,17-18,23,26H,7-9,12H2,1-6H3/t14-,17+,18+/m1/s1. The number of aliphatic hydroxyl groups is 1. The van der Waals surface area contributed by atoms with Crippen molar-refractivity contribution in [2.24, 2.45) is 13.0 Å². The number of aliphatic hydroxyl groups excluding tert-OH is 1. The van der Waals surface area contributed by atoms with Crippen molar-refractivity contribution in [2.75, 3.05) is 13.2 Å². The lowest BCUT2D eigenvalue weighted by Crippen LogP contribution is -2.44. The van der Waals surface area contributed by atoms with E-state index in [1.54, 1.807) is 0 Å². The first-order valence-electron chi connectivity index (χ1n) is 10.0. The summed E-state index contributed by atoms with van der Waals surface area (Å²) in [4.78, 5) is 9.60. The highest BCUT2D eigenvalue weighted by molar-refractivity contribution is 5.73. The van der Waals surface area contributed by atoms with E-state index < -0.39 is 0 Å². The lowest BCUT2D eigenvalue weighted by Gasteiger charge is -2.27. The van der Waals surface area contributed by atoms with E-state index in [4.69, 9.17) is 9.72 Å². The molecule has 1 saturated heterocycles. The minimum absolute atomic E-state index is 0.0271. The molecule has 1 aliphatic heterocycles. The van der Waals surface area contributed by atoms with Gasteiger partial charge >= 0.3 is 0 Å². The Morgan fingerprint density at radius 1 is 1.37 bits per heavy atom. The second-order valence-electron chi connectivity index (χ2n) is 9.18. The van der Waals surface area contributed by atoms with E-state index in [9.17, 15) is 5.11 Å². The lowest BCUT2D eigenvalue weighted by atomic mass is 9.92. The minimum atomic E-state index is -0.0871. The van der Waals surface area contributed by atoms with Gasteiger partial charge in [0.1, 0.15) is 5.52 Å². The summed E-state index contributed by atoms with van der Waals surface area (Å²) < 4.78 is 8.20. The summed E-state index contributed by atoms with van der Waals surface area (Å²) in [6, 6.07) is 2.07. The number of hydrogen-bond acceptors (Lipinski definition) is 5. The summed E-state index contributed by atoms with van der Waals surface area (Å²) in [5.41, 5.74) is 4.00. The molecule has 0 aromatic carbocycles. The van der Waals surface area contributed by atoms with Crippen LogP contribution in [0.25, 0.3) is 11.2 Å². The third kappa shape index (κ3) is 4.33. The molecular formula is C21H34N4O2. The molecule has 0 aliphatic carbocycles. The Balaban J connectivity index is 1.89. The normalized spacial score (nSPS) is 24.5. The largest absolute Gasteiger partial charge is 0.395 e. The van der Waals surface area contributed by atoms with Crippen LogP contribution < -0.4 is 5.32 Å². The number of nitrogens with one attached hydrogen (secondary N) is 1. The molecule has 6 nitrogen and oxygen atoms in total. The van der Waals surface area contributed by atoms with E-state index in [0.717, 1.165) is 29.7 Å². The van der Waals surface area contributed by atoms with Crippen molar-refractivity contribution in [1.29, 1.82) is 0 Å². The van der Waals surface area contributed by atoms with E-state index >= 15 is 0 Å². The first-order chi connectivity index (χ1) is 12.7. The monoisotopic (exact) mass is 374 g/mol. The first-order valence-corrected chi connectivity index (χ1v) is 10.0. The smallest absolute Gasteiger partial charge is 0.158 e. The second kappa shape index (κ2) is 7.86. The van der Waals surface area contributed by atoms with Gasteiger partial charge in [-0.15, -0.1) is 0 Å². The maximum absolute atomic E-state index is 9.89. The Kier molecular flexibility index (Phi) is 5.89. The fourth-order valence-corrected chi connectivity index (χ4v) is 3.98. The quantitative estimate of drug-likeness (QED) is 0.860. The van der Waals surface area contributed by atoms with Gasteiger partial charge in [-0.1, -0.05) is 34.6 Å². The number of aryl methyl sites for hydroxylation is 1. The number of nitrogens with zero attached hydrogens (tertiary/aromatic N) is 3. The molecule has 27 heavy (non-hydrogen) atoms. The molecule has 150 valence electrons. The molecule has 0 spiro atoms. The zero-order valence-corrected chi connectivity index (χ0v) is 17.5. The van der Waals surface area contributed by atoms with Gasteiger partial charge in [-0.2, -0.15) is 0 Å². The van der Waals surface area contributed by atoms with Crippen LogP contribution in [0, 0.1) is 5.92 Å². The molecule has 0 unspecified atom stereocenters. The predicted octanol–water partition coefficient (Wildman–Crippen LogP) is 3.09. The molecular weight excluding hydrogens is 340 g/mol. The Labute approximate surface area is 162 Å². The van der Waals surface area contributed by atoms with E-state index in [1.807, 2.05) is 6.20 Å². The first kappa shape index (κ1) is 20.2. The van der Waals surface area contributed by atoms with Crippen LogP contribution in [0.5, 0.6) is 0 Å². The third-order valence-electron chi connectivity index (χ3n) is 5.38. The summed E-state index contributed by atoms with van der Waals surface area (Å²) in [5, 5.41) is 13.5. The van der Waals surface area contributed by atoms with E-state index in [2.05, 4.69) is 62.6 Å². The summed E-state index contributed by atoms with van der Waals surface area (Å²) in [5.74, 6) is 0.526. The summed E-state index contributed by atoms with van der Waals surface area (Å²) in [7, 11) is 2.06. The van der Waals surface area contributed by atoms with Crippen LogP contribution in [-0.2, 0) is 17.2 Å². The van der Waals surface area contributed by atoms with Crippen LogP contribution in [-0.4, -0.2) is 45.0 Å². The average molecular weight is 375 g/mol. The topological polar surface area (TPSA) is 72.2 Å². The van der Waals surface area contributed by atoms with Gasteiger partial charge in [0.05, 0.1) is 36.7 Å². The average Bonchev–Trinajstić information content (AvgIpc) is 2.80. The Morgan fingerprint density at radius 2 is 2.11 bits per heavy atom. The molecule has 3 rings (SSSR count). The SMILES string of the molecule is CC(C)C[C@@H]1OCC[C@H](c2cnc3cc(C(C)(C)C)n(C)c3n2)N[C@H]1CO. The number of aromatic nitrogens is 3. The molecule has 6 heteroatoms. The third-order valence-corrected chi connectivity index (χ3v) is 5.38. The van der Waals surface area contributed by atoms with Crippen molar-refractivity contribution in [3.8, 4) is 0 Å². The summed E-state index contributed by atoms with van der Waals surface area (Å²) >= 11 is 0. The molecule has 0 bridgehead atoms. The van der Waals surface area contributed by atoms with Crippen LogP contribution >= 0.6 is 0 Å². The van der Waals surface area contributed by atoms with Gasteiger partial charge in [-0.05, 0) is 24.8 Å². The molecule has 1 fully saturated rings. The molecule has 2 aromatic rings. The number of rotatable bonds is 4. The minimum Gasteiger partial charge on any atom is -0.395 e. The Morgan fingerprint density at radius 3 is 2.74 bits per heavy atom. The van der Waals surface area contributed by atoms with Crippen LogP contribution in [0.2, 0.25) is 0 Å². The van der Waals surface area contributed by atoms with Crippen molar-refractivity contribution >= 4 is 11.2 Å². The van der Waals surface area contributed by atoms with Crippen LogP contribution in [0.1, 0.15) is 64.9 Å². The second-order valence-corrected chi connectivity index (χ2v) is 9.18. The fraction of sp³-hybridized carbons (Fsp3) is 0.714. The van der Waals surface area contributed by atoms with Gasteiger partial charge < -0.3 is 19.7 Å². The molecule has 0 amide bonds. The van der Waals surface area contributed by atoms with Crippen LogP contribution in [0.3, 0.4) is 0 Å². The molecule has 3 heterocycles. The predicted molar refractivity (Wildman–Crippen MR) is 108 cm³/mol. The Hall–Kier alpha value is -1.50. The van der Waals surface area contributed by atoms with Gasteiger partial charge in [-0.3, -0.25) is 4.98 Å². The zero-order chi connectivity index (χ0) is 19.8. The van der Waals surface area contributed by atoms with Gasteiger partial charge in [0.2, 0.25) is 0 Å². The lowest BCUT2D eigenvalue weighted by molar-refractivity contribution is 0.0146. The molecule has 2 aromatic heterocycles. The Bertz CT molecular complexity index is 778. The summed E-state index contributed by atoms with van der Waals surface area (Å²) in [6.07, 6.45) is 3.65. The number of hydrogen-bond donors (Lipinski definition) is 2. The zero-order valence-electron chi connectivity index (χ0n) is 17.5. The van der Waals surface area contributed by atoms with Crippen LogP contribution in [0.4, 0.5) is 0 Å². The molecule has 0 radical (unpaired) electrons. The maximum Gasteiger partial charge on any atom is 0.158 e. The highest BCUT2D eigenvalue weighted by Gasteiger charge is 2.30. The van der Waals surface area contributed by atoms with Crippen molar-refractivity contribution < 1.29 is 9.84 Å². The van der Waals surface area contributed by atoms with Gasteiger partial charge in [0.25, 0.3) is 0 Å². The maximum atomic E-state index is 9.89. The van der Waals surface area contributed by atoms with E-state index in [0.29, 0.717) is 12.5 Å². The van der Waals surface area contributed by atoms with Gasteiger partial charge in [0, 0.05) is 24.8 Å². The molecule has 2 N–H and O–H groups in total.